The first kappa shape index (κ1) is 11.8. The Morgan fingerprint density at radius 2 is 2.11 bits per heavy atom. The number of hydrogen-bond acceptors (Lipinski definition) is 5. The number of hydrogen-bond donors (Lipinski definition) is 0. The zero-order chi connectivity index (χ0) is 13.1. The molecule has 2 rings (SSSR count). The lowest BCUT2D eigenvalue weighted by Crippen LogP contribution is -1.92. The molecular weight excluding hydrogens is 245 g/mol. The van der Waals surface area contributed by atoms with Crippen LogP contribution in [0, 0.1) is 15.9 Å². The molecule has 0 spiro atoms. The number of nitro groups is 1. The fraction of sp³-hybridized carbons (Fsp3) is 0. The Bertz CT molecular complexity index is 607. The lowest BCUT2D eigenvalue weighted by Gasteiger charge is -2.01. The van der Waals surface area contributed by atoms with Crippen molar-refractivity contribution in [2.45, 2.75) is 0 Å². The van der Waals surface area contributed by atoms with Crippen molar-refractivity contribution in [3.8, 4) is 11.7 Å². The lowest BCUT2D eigenvalue weighted by atomic mass is 10.3. The molecule has 0 saturated carbocycles. The van der Waals surface area contributed by atoms with Crippen LogP contribution in [0.15, 0.2) is 34.7 Å². The highest BCUT2D eigenvalue weighted by Crippen LogP contribution is 2.27. The summed E-state index contributed by atoms with van der Waals surface area (Å²) in [6.07, 6.45) is 0.489. The topological polar surface area (TPSA) is 82.6 Å². The average Bonchev–Trinajstić information content (AvgIpc) is 2.76. The van der Waals surface area contributed by atoms with Gasteiger partial charge in [0.2, 0.25) is 5.82 Å². The predicted octanol–water partition coefficient (Wildman–Crippen LogP) is 2.93. The highest BCUT2D eigenvalue weighted by Gasteiger charge is 2.15. The van der Waals surface area contributed by atoms with E-state index in [9.17, 15) is 19.3 Å². The Labute approximate surface area is 99.7 Å². The summed E-state index contributed by atoms with van der Waals surface area (Å²) < 4.78 is 23.3. The van der Waals surface area contributed by atoms with Crippen molar-refractivity contribution in [3.63, 3.8) is 0 Å². The van der Waals surface area contributed by atoms with Gasteiger partial charge in [0.15, 0.2) is 12.0 Å². The summed E-state index contributed by atoms with van der Waals surface area (Å²) >= 11 is 0. The van der Waals surface area contributed by atoms with Crippen molar-refractivity contribution in [3.05, 3.63) is 52.0 Å². The number of benzene rings is 1. The van der Waals surface area contributed by atoms with E-state index in [0.717, 1.165) is 12.1 Å². The van der Waals surface area contributed by atoms with Gasteiger partial charge in [0.25, 0.3) is 5.95 Å². The van der Waals surface area contributed by atoms with Crippen molar-refractivity contribution in [1.29, 1.82) is 0 Å². The first-order chi connectivity index (χ1) is 8.60. The maximum absolute atomic E-state index is 13.3. The standard InChI is InChI=1S/C11H6FNO5/c12-9-5-7(1-3-10(9)13(15)16)17-11-4-2-8(6-14)18-11/h1-6H. The minimum Gasteiger partial charge on any atom is -0.426 e. The molecule has 18 heavy (non-hydrogen) atoms. The van der Waals surface area contributed by atoms with Crippen molar-refractivity contribution in [1.82, 2.24) is 0 Å². The number of halogens is 1. The van der Waals surface area contributed by atoms with Gasteiger partial charge in [0.1, 0.15) is 5.75 Å². The van der Waals surface area contributed by atoms with Crippen molar-refractivity contribution in [2.75, 3.05) is 0 Å². The first-order valence-corrected chi connectivity index (χ1v) is 4.77. The number of nitro benzene ring substituents is 1. The Hall–Kier alpha value is -2.70. The second-order valence-corrected chi connectivity index (χ2v) is 3.25. The van der Waals surface area contributed by atoms with E-state index in [1.165, 1.54) is 18.2 Å². The quantitative estimate of drug-likeness (QED) is 0.474. The normalized spacial score (nSPS) is 10.1. The molecule has 0 aliphatic heterocycles. The molecule has 1 aromatic carbocycles. The largest absolute Gasteiger partial charge is 0.426 e. The highest BCUT2D eigenvalue weighted by molar-refractivity contribution is 5.70. The van der Waals surface area contributed by atoms with Gasteiger partial charge < -0.3 is 9.15 Å². The van der Waals surface area contributed by atoms with Crippen LogP contribution in [0.3, 0.4) is 0 Å². The SMILES string of the molecule is O=Cc1ccc(Oc2ccc([N+](=O)[O-])c(F)c2)o1. The maximum atomic E-state index is 13.3. The third-order valence-electron chi connectivity index (χ3n) is 2.05. The van der Waals surface area contributed by atoms with Crippen LogP contribution in [0.5, 0.6) is 11.7 Å². The molecule has 1 heterocycles. The van der Waals surface area contributed by atoms with Crippen LogP contribution in [0.25, 0.3) is 0 Å². The molecule has 6 nitrogen and oxygen atoms in total. The summed E-state index contributed by atoms with van der Waals surface area (Å²) in [5.41, 5.74) is -0.643. The Morgan fingerprint density at radius 3 is 2.67 bits per heavy atom. The van der Waals surface area contributed by atoms with Gasteiger partial charge in [-0.25, -0.2) is 0 Å². The molecule has 0 amide bonds. The first-order valence-electron chi connectivity index (χ1n) is 4.77. The second-order valence-electron chi connectivity index (χ2n) is 3.25. The number of aldehydes is 1. The molecule has 0 aliphatic rings. The lowest BCUT2D eigenvalue weighted by molar-refractivity contribution is -0.387. The van der Waals surface area contributed by atoms with E-state index < -0.39 is 16.4 Å². The molecule has 0 radical (unpaired) electrons. The fourth-order valence-electron chi connectivity index (χ4n) is 1.27. The Kier molecular flexibility index (Phi) is 3.05. The summed E-state index contributed by atoms with van der Waals surface area (Å²) in [6.45, 7) is 0. The van der Waals surface area contributed by atoms with Gasteiger partial charge in [-0.1, -0.05) is 0 Å². The van der Waals surface area contributed by atoms with Crippen LogP contribution in [0.4, 0.5) is 10.1 Å². The van der Waals surface area contributed by atoms with Crippen LogP contribution in [-0.4, -0.2) is 11.2 Å². The molecule has 2 aromatic rings. The van der Waals surface area contributed by atoms with Gasteiger partial charge in [-0.05, 0) is 12.1 Å². The summed E-state index contributed by atoms with van der Waals surface area (Å²) in [4.78, 5) is 19.9. The van der Waals surface area contributed by atoms with Crippen LogP contribution in [0.1, 0.15) is 10.6 Å². The number of carbonyl (C=O) groups excluding carboxylic acids is 1. The summed E-state index contributed by atoms with van der Waals surface area (Å²) in [7, 11) is 0. The van der Waals surface area contributed by atoms with Crippen molar-refractivity contribution >= 4 is 12.0 Å². The van der Waals surface area contributed by atoms with Crippen LogP contribution < -0.4 is 4.74 Å². The van der Waals surface area contributed by atoms with Crippen molar-refractivity contribution in [2.24, 2.45) is 0 Å². The monoisotopic (exact) mass is 251 g/mol. The van der Waals surface area contributed by atoms with Gasteiger partial charge in [0, 0.05) is 18.2 Å². The molecule has 92 valence electrons. The minimum absolute atomic E-state index is 0.00893. The van der Waals surface area contributed by atoms with Crippen LogP contribution in [0.2, 0.25) is 0 Å². The zero-order valence-corrected chi connectivity index (χ0v) is 8.83. The number of nitrogens with zero attached hydrogens (tertiary/aromatic N) is 1. The van der Waals surface area contributed by atoms with E-state index >= 15 is 0 Å². The van der Waals surface area contributed by atoms with Crippen LogP contribution in [-0.2, 0) is 0 Å². The molecule has 0 N–H and O–H groups in total. The van der Waals surface area contributed by atoms with Gasteiger partial charge in [0.05, 0.1) is 4.92 Å². The Balaban J connectivity index is 2.22. The number of ether oxygens (including phenoxy) is 1. The van der Waals surface area contributed by atoms with Gasteiger partial charge in [-0.3, -0.25) is 14.9 Å². The van der Waals surface area contributed by atoms with Crippen LogP contribution >= 0.6 is 0 Å². The summed E-state index contributed by atoms with van der Waals surface area (Å²) in [5, 5.41) is 10.4. The average molecular weight is 251 g/mol. The van der Waals surface area contributed by atoms with Gasteiger partial charge >= 0.3 is 5.69 Å². The molecule has 0 unspecified atom stereocenters. The molecule has 0 atom stereocenters. The Morgan fingerprint density at radius 1 is 1.33 bits per heavy atom. The van der Waals surface area contributed by atoms with E-state index in [4.69, 9.17) is 9.15 Å². The van der Waals surface area contributed by atoms with E-state index in [2.05, 4.69) is 0 Å². The van der Waals surface area contributed by atoms with E-state index in [-0.39, 0.29) is 17.5 Å². The second kappa shape index (κ2) is 4.66. The van der Waals surface area contributed by atoms with E-state index in [1.807, 2.05) is 0 Å². The molecular formula is C11H6FNO5. The van der Waals surface area contributed by atoms with E-state index in [0.29, 0.717) is 6.29 Å². The zero-order valence-electron chi connectivity index (χ0n) is 8.83. The maximum Gasteiger partial charge on any atom is 0.305 e. The molecule has 7 heteroatoms. The third kappa shape index (κ3) is 2.34. The molecule has 1 aromatic heterocycles. The van der Waals surface area contributed by atoms with Crippen molar-refractivity contribution < 1.29 is 23.3 Å². The fourth-order valence-corrected chi connectivity index (χ4v) is 1.27. The smallest absolute Gasteiger partial charge is 0.305 e. The molecule has 0 bridgehead atoms. The summed E-state index contributed by atoms with van der Waals surface area (Å²) in [6, 6.07) is 5.83. The highest BCUT2D eigenvalue weighted by atomic mass is 19.1. The predicted molar refractivity (Wildman–Crippen MR) is 57.2 cm³/mol. The molecule has 0 fully saturated rings. The van der Waals surface area contributed by atoms with E-state index in [1.54, 1.807) is 0 Å². The third-order valence-corrected chi connectivity index (χ3v) is 2.05. The van der Waals surface area contributed by atoms with Gasteiger partial charge in [-0.15, -0.1) is 0 Å². The number of rotatable bonds is 4. The summed E-state index contributed by atoms with van der Waals surface area (Å²) in [5.74, 6) is -0.928. The number of carbonyl (C=O) groups is 1. The molecule has 0 aliphatic carbocycles. The molecule has 0 saturated heterocycles. The minimum atomic E-state index is -1.01. The van der Waals surface area contributed by atoms with Gasteiger partial charge in [-0.2, -0.15) is 4.39 Å². The number of furan rings is 1.